The molecule has 0 unspecified atom stereocenters. The standard InChI is InChI=1S/C64H39NSe/c1-3-19-40(20-4-1)42-37-38-57-55(39-42)43-23-15-16-35-56(43)65(57)63-50-30-13-11-28-48(50)60(49-29-12-14-31-51(49)63)52-32-18-36-58-62(52)54-34-17-33-53(64(54)66-58)61-46-26-9-7-24-44(46)59(41-21-5-2-6-22-41)45-25-8-10-27-47(45)61/h1-39H. The number of hydrogen-bond acceptors (Lipinski definition) is 0. The number of rotatable bonds is 5. The normalized spacial score (nSPS) is 11.9. The zero-order valence-electron chi connectivity index (χ0n) is 35.9. The molecule has 0 bridgehead atoms. The molecule has 0 radical (unpaired) electrons. The van der Waals surface area contributed by atoms with E-state index in [1.165, 1.54) is 134 Å². The Bertz CT molecular complexity index is 4160. The van der Waals surface area contributed by atoms with Crippen molar-refractivity contribution >= 4 is 98.7 Å². The molecule has 0 N–H and O–H groups in total. The number of aromatic nitrogens is 1. The van der Waals surface area contributed by atoms with Gasteiger partial charge >= 0.3 is 354 Å². The van der Waals surface area contributed by atoms with Crippen LogP contribution in [0.5, 0.6) is 0 Å². The van der Waals surface area contributed by atoms with E-state index in [4.69, 9.17) is 0 Å². The van der Waals surface area contributed by atoms with Crippen LogP contribution in [0.2, 0.25) is 0 Å². The second-order valence-corrected chi connectivity index (χ2v) is 19.6. The van der Waals surface area contributed by atoms with Crippen molar-refractivity contribution in [3.8, 4) is 50.2 Å². The molecule has 12 aromatic carbocycles. The van der Waals surface area contributed by atoms with E-state index in [2.05, 4.69) is 241 Å². The first-order valence-corrected chi connectivity index (χ1v) is 24.5. The molecule has 14 aromatic rings. The van der Waals surface area contributed by atoms with Gasteiger partial charge in [-0.1, -0.05) is 30.3 Å². The summed E-state index contributed by atoms with van der Waals surface area (Å²) in [4.78, 5) is 0. The molecule has 0 spiro atoms. The van der Waals surface area contributed by atoms with Gasteiger partial charge in [0.15, 0.2) is 0 Å². The van der Waals surface area contributed by atoms with Gasteiger partial charge in [-0.05, 0) is 5.56 Å². The molecule has 0 aliphatic carbocycles. The van der Waals surface area contributed by atoms with Gasteiger partial charge in [0.25, 0.3) is 0 Å². The monoisotopic (exact) mass is 901 g/mol. The van der Waals surface area contributed by atoms with E-state index < -0.39 is 0 Å². The van der Waals surface area contributed by atoms with Crippen molar-refractivity contribution in [3.63, 3.8) is 0 Å². The minimum atomic E-state index is 0.0880. The maximum atomic E-state index is 2.53. The Kier molecular flexibility index (Phi) is 8.37. The first-order valence-electron chi connectivity index (χ1n) is 22.8. The summed E-state index contributed by atoms with van der Waals surface area (Å²) in [6.07, 6.45) is 0. The second-order valence-electron chi connectivity index (χ2n) is 17.4. The fraction of sp³-hybridized carbons (Fsp3) is 0. The van der Waals surface area contributed by atoms with Gasteiger partial charge in [0.1, 0.15) is 0 Å². The van der Waals surface area contributed by atoms with Crippen molar-refractivity contribution in [3.05, 3.63) is 237 Å². The van der Waals surface area contributed by atoms with E-state index in [0.717, 1.165) is 0 Å². The predicted octanol–water partition coefficient (Wildman–Crippen LogP) is 17.4. The van der Waals surface area contributed by atoms with Crippen molar-refractivity contribution in [2.75, 3.05) is 0 Å². The molecule has 0 aliphatic heterocycles. The summed E-state index contributed by atoms with van der Waals surface area (Å²) in [5.74, 6) is 0. The number of benzene rings is 12. The summed E-state index contributed by atoms with van der Waals surface area (Å²) in [6.45, 7) is 0. The van der Waals surface area contributed by atoms with Crippen LogP contribution in [0.25, 0.3) is 134 Å². The molecule has 306 valence electrons. The topological polar surface area (TPSA) is 4.93 Å². The molecule has 2 aromatic heterocycles. The third-order valence-electron chi connectivity index (χ3n) is 14.0. The molecule has 14 rings (SSSR count). The SMILES string of the molecule is c1ccc(-c2ccc3c(c2)c2ccccc2n3-c2c3ccccc3c(-c3cccc4[se]c5c(-c6c7ccccc7c(-c7ccccc7)c7ccccc67)cccc5c34)c3ccccc23)cc1. The van der Waals surface area contributed by atoms with Crippen LogP contribution in [0.1, 0.15) is 0 Å². The van der Waals surface area contributed by atoms with E-state index >= 15 is 0 Å². The summed E-state index contributed by atoms with van der Waals surface area (Å²) in [6, 6.07) is 88.1. The second kappa shape index (κ2) is 14.8. The maximum absolute atomic E-state index is 2.53. The van der Waals surface area contributed by atoms with Gasteiger partial charge in [0.2, 0.25) is 0 Å². The zero-order valence-corrected chi connectivity index (χ0v) is 37.6. The molecule has 0 saturated heterocycles. The Labute approximate surface area is 387 Å². The molecule has 2 heterocycles. The number of fused-ring (bicyclic) bond motifs is 10. The van der Waals surface area contributed by atoms with Gasteiger partial charge in [-0.2, -0.15) is 0 Å². The third-order valence-corrected chi connectivity index (χ3v) is 16.5. The molecular weight excluding hydrogens is 862 g/mol. The largest absolute Gasteiger partial charge is 0.0617 e. The van der Waals surface area contributed by atoms with E-state index in [9.17, 15) is 0 Å². The number of para-hydroxylation sites is 1. The van der Waals surface area contributed by atoms with Crippen LogP contribution in [-0.4, -0.2) is 19.1 Å². The van der Waals surface area contributed by atoms with Gasteiger partial charge in [-0.25, -0.2) is 0 Å². The summed E-state index contributed by atoms with van der Waals surface area (Å²) < 4.78 is 5.43. The van der Waals surface area contributed by atoms with E-state index in [-0.39, 0.29) is 14.5 Å². The van der Waals surface area contributed by atoms with Crippen molar-refractivity contribution in [1.82, 2.24) is 4.57 Å². The fourth-order valence-corrected chi connectivity index (χ4v) is 13.9. The van der Waals surface area contributed by atoms with Gasteiger partial charge in [0.05, 0.1) is 0 Å². The Balaban J connectivity index is 1.05. The van der Waals surface area contributed by atoms with E-state index in [1.807, 2.05) is 0 Å². The number of nitrogens with zero attached hydrogens (tertiary/aromatic N) is 1. The Morgan fingerprint density at radius 2 is 0.727 bits per heavy atom. The van der Waals surface area contributed by atoms with Crippen LogP contribution in [0.4, 0.5) is 0 Å². The van der Waals surface area contributed by atoms with Crippen molar-refractivity contribution in [2.24, 2.45) is 0 Å². The van der Waals surface area contributed by atoms with Gasteiger partial charge in [0, 0.05) is 0 Å². The Morgan fingerprint density at radius 1 is 0.273 bits per heavy atom. The van der Waals surface area contributed by atoms with Crippen LogP contribution in [-0.2, 0) is 0 Å². The van der Waals surface area contributed by atoms with Crippen LogP contribution in [0.15, 0.2) is 237 Å². The van der Waals surface area contributed by atoms with Crippen LogP contribution >= 0.6 is 0 Å². The van der Waals surface area contributed by atoms with Crippen LogP contribution < -0.4 is 0 Å². The molecule has 0 atom stereocenters. The van der Waals surface area contributed by atoms with Crippen molar-refractivity contribution in [1.29, 1.82) is 0 Å². The smallest absolute Gasteiger partial charge is 0.0544 e. The predicted molar refractivity (Wildman–Crippen MR) is 285 cm³/mol. The molecule has 0 aliphatic rings. The van der Waals surface area contributed by atoms with E-state index in [1.54, 1.807) is 0 Å². The fourth-order valence-electron chi connectivity index (χ4n) is 11.2. The van der Waals surface area contributed by atoms with Crippen LogP contribution in [0, 0.1) is 0 Å². The zero-order chi connectivity index (χ0) is 43.3. The summed E-state index contributed by atoms with van der Waals surface area (Å²) in [5.41, 5.74) is 13.9. The molecule has 0 amide bonds. The first kappa shape index (κ1) is 37.4. The third kappa shape index (κ3) is 5.47. The summed E-state index contributed by atoms with van der Waals surface area (Å²) in [7, 11) is 0. The van der Waals surface area contributed by atoms with Gasteiger partial charge in [-0.15, -0.1) is 0 Å². The van der Waals surface area contributed by atoms with Crippen LogP contribution in [0.3, 0.4) is 0 Å². The maximum Gasteiger partial charge on any atom is -0.0544 e. The summed E-state index contributed by atoms with van der Waals surface area (Å²) in [5, 5.41) is 15.4. The average molecular weight is 901 g/mol. The Hall–Kier alpha value is -8.00. The molecule has 66 heavy (non-hydrogen) atoms. The van der Waals surface area contributed by atoms with E-state index in [0.29, 0.717) is 0 Å². The average Bonchev–Trinajstić information content (AvgIpc) is 3.94. The van der Waals surface area contributed by atoms with Gasteiger partial charge in [-0.3, -0.25) is 0 Å². The number of hydrogen-bond donors (Lipinski definition) is 0. The quantitative estimate of drug-likeness (QED) is 0.120. The molecule has 0 fully saturated rings. The molecule has 2 heteroatoms. The minimum Gasteiger partial charge on any atom is -0.0617 e. The van der Waals surface area contributed by atoms with Gasteiger partial charge < -0.3 is 0 Å². The van der Waals surface area contributed by atoms with Crippen molar-refractivity contribution in [2.45, 2.75) is 0 Å². The molecular formula is C64H39NSe. The van der Waals surface area contributed by atoms with Crippen molar-refractivity contribution < 1.29 is 0 Å². The minimum absolute atomic E-state index is 0.0880. The first-order chi connectivity index (χ1) is 32.8. The summed E-state index contributed by atoms with van der Waals surface area (Å²) >= 11 is 0.0880. The molecule has 0 saturated carbocycles. The molecule has 1 nitrogen and oxygen atoms in total. The Morgan fingerprint density at radius 3 is 1.36 bits per heavy atom.